The number of methoxy groups -OCH3 is 1. The predicted octanol–water partition coefficient (Wildman–Crippen LogP) is 0.612. The number of rotatable bonds is 7. The lowest BCUT2D eigenvalue weighted by molar-refractivity contribution is -0.160. The lowest BCUT2D eigenvalue weighted by Crippen LogP contribution is -2.58. The van der Waals surface area contributed by atoms with Gasteiger partial charge in [0.2, 0.25) is 0 Å². The number of likely N-dealkylation sites (tertiary alicyclic amines) is 1. The van der Waals surface area contributed by atoms with Crippen LogP contribution < -0.4 is 4.74 Å². The summed E-state index contributed by atoms with van der Waals surface area (Å²) in [7, 11) is 3.24. The number of aliphatic hydroxyl groups excluding tert-OH is 1. The van der Waals surface area contributed by atoms with Crippen molar-refractivity contribution >= 4 is 5.91 Å². The second kappa shape index (κ2) is 7.92. The maximum Gasteiger partial charge on any atom is 0.256 e. The van der Waals surface area contributed by atoms with E-state index in [1.54, 1.807) is 18.0 Å². The fourth-order valence-corrected chi connectivity index (χ4v) is 3.06. The van der Waals surface area contributed by atoms with Gasteiger partial charge in [-0.1, -0.05) is 0 Å². The highest BCUT2D eigenvalue weighted by Crippen LogP contribution is 2.26. The first-order valence-corrected chi connectivity index (χ1v) is 8.03. The molecule has 0 spiro atoms. The summed E-state index contributed by atoms with van der Waals surface area (Å²) in [6.07, 6.45) is 0.999. The third-order valence-corrected chi connectivity index (χ3v) is 4.33. The van der Waals surface area contributed by atoms with E-state index in [0.717, 1.165) is 0 Å². The van der Waals surface area contributed by atoms with Crippen molar-refractivity contribution in [1.29, 1.82) is 0 Å². The van der Waals surface area contributed by atoms with E-state index in [1.807, 2.05) is 0 Å². The molecule has 6 nitrogen and oxygen atoms in total. The largest absolute Gasteiger partial charge is 0.497 e. The number of hydrogen-bond donors (Lipinski definition) is 2. The quantitative estimate of drug-likeness (QED) is 0.761. The van der Waals surface area contributed by atoms with E-state index in [0.29, 0.717) is 37.2 Å². The SMILES string of the molecule is COc1ccc(F)c(CN2CCC[C@@](O)(CN(C)CCO)C2=O)c1. The Kier molecular flexibility index (Phi) is 6.15. The molecule has 7 heteroatoms. The Hall–Kier alpha value is -1.70. The molecule has 1 aromatic rings. The molecule has 0 bridgehead atoms. The van der Waals surface area contributed by atoms with Gasteiger partial charge in [0, 0.05) is 31.7 Å². The van der Waals surface area contributed by atoms with Crippen molar-refractivity contribution in [3.8, 4) is 5.75 Å². The number of halogens is 1. The van der Waals surface area contributed by atoms with Crippen LogP contribution >= 0.6 is 0 Å². The van der Waals surface area contributed by atoms with E-state index in [-0.39, 0.29) is 19.7 Å². The minimum absolute atomic E-state index is 0.0422. The molecular formula is C17H25FN2O4. The summed E-state index contributed by atoms with van der Waals surface area (Å²) in [6.45, 7) is 1.04. The first-order valence-electron chi connectivity index (χ1n) is 8.03. The van der Waals surface area contributed by atoms with Gasteiger partial charge in [-0.05, 0) is 38.1 Å². The van der Waals surface area contributed by atoms with Crippen molar-refractivity contribution in [2.75, 3.05) is 40.4 Å². The summed E-state index contributed by atoms with van der Waals surface area (Å²) in [6, 6.07) is 4.40. The van der Waals surface area contributed by atoms with Crippen LogP contribution in [-0.2, 0) is 11.3 Å². The average Bonchev–Trinajstić information content (AvgIpc) is 2.54. The number of carbonyl (C=O) groups is 1. The number of piperidine rings is 1. The van der Waals surface area contributed by atoms with Crippen LogP contribution in [-0.4, -0.2) is 71.9 Å². The molecule has 0 radical (unpaired) electrons. The third-order valence-electron chi connectivity index (χ3n) is 4.33. The predicted molar refractivity (Wildman–Crippen MR) is 87.1 cm³/mol. The molecule has 0 aliphatic carbocycles. The number of benzene rings is 1. The molecule has 1 aliphatic heterocycles. The van der Waals surface area contributed by atoms with E-state index < -0.39 is 17.3 Å². The molecule has 134 valence electrons. The van der Waals surface area contributed by atoms with E-state index in [2.05, 4.69) is 0 Å². The first kappa shape index (κ1) is 18.6. The van der Waals surface area contributed by atoms with Crippen molar-refractivity contribution in [3.05, 3.63) is 29.6 Å². The van der Waals surface area contributed by atoms with E-state index in [1.165, 1.54) is 24.1 Å². The van der Waals surface area contributed by atoms with Gasteiger partial charge < -0.3 is 24.7 Å². The Bertz CT molecular complexity index is 584. The molecule has 2 rings (SSSR count). The third kappa shape index (κ3) is 4.23. The number of aliphatic hydroxyl groups is 2. The highest BCUT2D eigenvalue weighted by molar-refractivity contribution is 5.86. The Labute approximate surface area is 141 Å². The fraction of sp³-hybridized carbons (Fsp3) is 0.588. The Morgan fingerprint density at radius 2 is 2.21 bits per heavy atom. The molecule has 2 N–H and O–H groups in total. The molecule has 1 aliphatic rings. The molecule has 1 fully saturated rings. The van der Waals surface area contributed by atoms with Gasteiger partial charge in [-0.15, -0.1) is 0 Å². The molecule has 24 heavy (non-hydrogen) atoms. The average molecular weight is 340 g/mol. The first-order chi connectivity index (χ1) is 11.4. The number of ether oxygens (including phenoxy) is 1. The fourth-order valence-electron chi connectivity index (χ4n) is 3.06. The van der Waals surface area contributed by atoms with Crippen LogP contribution in [0.15, 0.2) is 18.2 Å². The van der Waals surface area contributed by atoms with Crippen molar-refractivity contribution < 1.29 is 24.1 Å². The van der Waals surface area contributed by atoms with Crippen LogP contribution in [0.1, 0.15) is 18.4 Å². The molecule has 1 saturated heterocycles. The lowest BCUT2D eigenvalue weighted by atomic mass is 9.90. The number of nitrogens with zero attached hydrogens (tertiary/aromatic N) is 2. The second-order valence-electron chi connectivity index (χ2n) is 6.28. The van der Waals surface area contributed by atoms with Crippen LogP contribution in [0.4, 0.5) is 4.39 Å². The summed E-state index contributed by atoms with van der Waals surface area (Å²) in [4.78, 5) is 15.9. The molecule has 1 heterocycles. The molecule has 0 aromatic heterocycles. The molecule has 1 aromatic carbocycles. The summed E-state index contributed by atoms with van der Waals surface area (Å²) in [5.41, 5.74) is -1.15. The zero-order chi connectivity index (χ0) is 17.7. The van der Waals surface area contributed by atoms with Crippen LogP contribution in [0.2, 0.25) is 0 Å². The van der Waals surface area contributed by atoms with Crippen molar-refractivity contribution in [1.82, 2.24) is 9.80 Å². The van der Waals surface area contributed by atoms with Crippen LogP contribution in [0, 0.1) is 5.82 Å². The maximum absolute atomic E-state index is 14.0. The smallest absolute Gasteiger partial charge is 0.256 e. The number of carbonyl (C=O) groups excluding carboxylic acids is 1. The lowest BCUT2D eigenvalue weighted by Gasteiger charge is -2.40. The summed E-state index contributed by atoms with van der Waals surface area (Å²) in [5, 5.41) is 19.7. The minimum Gasteiger partial charge on any atom is -0.497 e. The normalized spacial score (nSPS) is 21.4. The van der Waals surface area contributed by atoms with Gasteiger partial charge in [0.25, 0.3) is 5.91 Å². The molecule has 1 amide bonds. The number of amides is 1. The number of likely N-dealkylation sites (N-methyl/N-ethyl adjacent to an activating group) is 1. The van der Waals surface area contributed by atoms with E-state index in [4.69, 9.17) is 9.84 Å². The minimum atomic E-state index is -1.50. The van der Waals surface area contributed by atoms with Crippen molar-refractivity contribution in [2.45, 2.75) is 25.0 Å². The maximum atomic E-state index is 14.0. The molecular weight excluding hydrogens is 315 g/mol. The Balaban J connectivity index is 2.12. The van der Waals surface area contributed by atoms with Gasteiger partial charge in [0.05, 0.1) is 13.7 Å². The van der Waals surface area contributed by atoms with E-state index >= 15 is 0 Å². The molecule has 0 unspecified atom stereocenters. The van der Waals surface area contributed by atoms with Gasteiger partial charge in [0.15, 0.2) is 5.60 Å². The van der Waals surface area contributed by atoms with Gasteiger partial charge in [-0.25, -0.2) is 4.39 Å². The molecule has 0 saturated carbocycles. The van der Waals surface area contributed by atoms with Crippen LogP contribution in [0.5, 0.6) is 5.75 Å². The van der Waals surface area contributed by atoms with Crippen LogP contribution in [0.3, 0.4) is 0 Å². The Morgan fingerprint density at radius 1 is 1.46 bits per heavy atom. The standard InChI is InChI=1S/C17H25FN2O4/c1-19(8-9-21)12-17(23)6-3-7-20(16(17)22)11-13-10-14(24-2)4-5-15(13)18/h4-5,10,21,23H,3,6-9,11-12H2,1-2H3/t17-/m1/s1. The highest BCUT2D eigenvalue weighted by Gasteiger charge is 2.42. The van der Waals surface area contributed by atoms with Gasteiger partial charge in [-0.2, -0.15) is 0 Å². The zero-order valence-electron chi connectivity index (χ0n) is 14.2. The van der Waals surface area contributed by atoms with Crippen molar-refractivity contribution in [2.24, 2.45) is 0 Å². The monoisotopic (exact) mass is 340 g/mol. The van der Waals surface area contributed by atoms with Gasteiger partial charge in [-0.3, -0.25) is 4.79 Å². The summed E-state index contributed by atoms with van der Waals surface area (Å²) < 4.78 is 19.1. The van der Waals surface area contributed by atoms with Gasteiger partial charge >= 0.3 is 0 Å². The summed E-state index contributed by atoms with van der Waals surface area (Å²) in [5.74, 6) is -0.287. The molecule has 1 atom stereocenters. The Morgan fingerprint density at radius 3 is 2.88 bits per heavy atom. The van der Waals surface area contributed by atoms with Gasteiger partial charge in [0.1, 0.15) is 11.6 Å². The van der Waals surface area contributed by atoms with Crippen molar-refractivity contribution in [3.63, 3.8) is 0 Å². The summed E-state index contributed by atoms with van der Waals surface area (Å²) >= 11 is 0. The number of hydrogen-bond acceptors (Lipinski definition) is 5. The van der Waals surface area contributed by atoms with E-state index in [9.17, 15) is 14.3 Å². The highest BCUT2D eigenvalue weighted by atomic mass is 19.1. The zero-order valence-corrected chi connectivity index (χ0v) is 14.2. The second-order valence-corrected chi connectivity index (χ2v) is 6.28. The van der Waals surface area contributed by atoms with Crippen LogP contribution in [0.25, 0.3) is 0 Å². The topological polar surface area (TPSA) is 73.2 Å².